The van der Waals surface area contributed by atoms with Gasteiger partial charge in [0.1, 0.15) is 5.75 Å². The second-order valence-corrected chi connectivity index (χ2v) is 10.8. The zero-order valence-electron chi connectivity index (χ0n) is 21.3. The van der Waals surface area contributed by atoms with Crippen molar-refractivity contribution in [3.8, 4) is 5.75 Å². The lowest BCUT2D eigenvalue weighted by atomic mass is 9.55. The first-order valence-electron chi connectivity index (χ1n) is 13.4. The molecular formula is C33H34O4. The van der Waals surface area contributed by atoms with Crippen LogP contribution in [-0.4, -0.2) is 23.8 Å². The molecule has 0 amide bonds. The third kappa shape index (κ3) is 4.03. The third-order valence-corrected chi connectivity index (χ3v) is 8.87. The van der Waals surface area contributed by atoms with E-state index in [2.05, 4.69) is 12.1 Å². The number of carbonyl (C=O) groups is 1. The van der Waals surface area contributed by atoms with E-state index >= 15 is 0 Å². The van der Waals surface area contributed by atoms with Crippen molar-refractivity contribution in [2.45, 2.75) is 56.3 Å². The number of aliphatic hydroxyl groups is 1. The number of Topliss-reactive ketones (excluding diaryl/α,β-unsaturated/α-hetero) is 1. The molecule has 190 valence electrons. The van der Waals surface area contributed by atoms with Gasteiger partial charge in [0.2, 0.25) is 0 Å². The molecule has 3 aromatic carbocycles. The molecule has 3 aliphatic rings. The lowest BCUT2D eigenvalue weighted by Gasteiger charge is -2.58. The quantitative estimate of drug-likeness (QED) is 0.403. The molecule has 1 spiro atoms. The van der Waals surface area contributed by atoms with Crippen LogP contribution in [0, 0.1) is 11.3 Å². The average molecular weight is 495 g/mol. The summed E-state index contributed by atoms with van der Waals surface area (Å²) in [6.45, 7) is 0. The maximum Gasteiger partial charge on any atom is 0.169 e. The highest BCUT2D eigenvalue weighted by molar-refractivity contribution is 6.07. The topological polar surface area (TPSA) is 55.8 Å². The number of rotatable bonds is 4. The molecule has 2 saturated carbocycles. The molecule has 4 nitrogen and oxygen atoms in total. The van der Waals surface area contributed by atoms with Gasteiger partial charge in [-0.3, -0.25) is 4.79 Å². The van der Waals surface area contributed by atoms with Gasteiger partial charge in [0.25, 0.3) is 0 Å². The number of methoxy groups -OCH3 is 1. The average Bonchev–Trinajstić information content (AvgIpc) is 3.25. The predicted octanol–water partition coefficient (Wildman–Crippen LogP) is 6.86. The Morgan fingerprint density at radius 2 is 1.59 bits per heavy atom. The molecule has 0 aromatic heterocycles. The summed E-state index contributed by atoms with van der Waals surface area (Å²) in [5.74, 6) is -0.656. The van der Waals surface area contributed by atoms with E-state index in [1.165, 1.54) is 0 Å². The number of benzene rings is 3. The monoisotopic (exact) mass is 494 g/mol. The molecule has 0 bridgehead atoms. The SMILES string of the molecule is COc1ccc([C@@H]2[C@@H]3CCCC[C@]3(O)O[C@H](c3ccccc3)[C@]23CC/C(=C\c2ccccc2)C3=O)cc1. The molecule has 1 heterocycles. The first-order valence-corrected chi connectivity index (χ1v) is 13.4. The van der Waals surface area contributed by atoms with E-state index < -0.39 is 17.3 Å². The van der Waals surface area contributed by atoms with Crippen molar-refractivity contribution in [3.05, 3.63) is 107 Å². The first-order chi connectivity index (χ1) is 18.0. The molecule has 5 atom stereocenters. The van der Waals surface area contributed by atoms with Crippen molar-refractivity contribution >= 4 is 11.9 Å². The van der Waals surface area contributed by atoms with E-state index in [9.17, 15) is 9.90 Å². The number of ketones is 1. The summed E-state index contributed by atoms with van der Waals surface area (Å²) in [6.07, 6.45) is 6.26. The number of carbonyl (C=O) groups excluding carboxylic acids is 1. The van der Waals surface area contributed by atoms with Crippen LogP contribution in [0.15, 0.2) is 90.5 Å². The number of fused-ring (bicyclic) bond motifs is 1. The minimum absolute atomic E-state index is 0.152. The zero-order valence-corrected chi connectivity index (χ0v) is 21.3. The van der Waals surface area contributed by atoms with Gasteiger partial charge in [0, 0.05) is 18.3 Å². The fourth-order valence-corrected chi connectivity index (χ4v) is 7.20. The van der Waals surface area contributed by atoms with Gasteiger partial charge in [0.15, 0.2) is 11.6 Å². The van der Waals surface area contributed by atoms with Crippen LogP contribution in [0.25, 0.3) is 6.08 Å². The number of allylic oxidation sites excluding steroid dienone is 1. The van der Waals surface area contributed by atoms with E-state index in [4.69, 9.17) is 9.47 Å². The number of ether oxygens (including phenoxy) is 2. The van der Waals surface area contributed by atoms with Crippen LogP contribution in [0.5, 0.6) is 5.75 Å². The van der Waals surface area contributed by atoms with E-state index in [-0.39, 0.29) is 17.6 Å². The third-order valence-electron chi connectivity index (χ3n) is 8.87. The molecule has 3 fully saturated rings. The molecule has 1 N–H and O–H groups in total. The van der Waals surface area contributed by atoms with Gasteiger partial charge in [-0.25, -0.2) is 0 Å². The molecule has 3 aromatic rings. The van der Waals surface area contributed by atoms with Crippen LogP contribution in [0.2, 0.25) is 0 Å². The van der Waals surface area contributed by atoms with Crippen molar-refractivity contribution in [3.63, 3.8) is 0 Å². The van der Waals surface area contributed by atoms with Crippen molar-refractivity contribution in [2.75, 3.05) is 7.11 Å². The molecule has 0 unspecified atom stereocenters. The maximum atomic E-state index is 14.7. The summed E-state index contributed by atoms with van der Waals surface area (Å²) in [4.78, 5) is 14.7. The van der Waals surface area contributed by atoms with Crippen LogP contribution in [-0.2, 0) is 9.53 Å². The van der Waals surface area contributed by atoms with E-state index in [0.29, 0.717) is 19.3 Å². The lowest BCUT2D eigenvalue weighted by Crippen LogP contribution is -2.59. The van der Waals surface area contributed by atoms with E-state index in [0.717, 1.165) is 47.3 Å². The van der Waals surface area contributed by atoms with Gasteiger partial charge in [0.05, 0.1) is 18.6 Å². The van der Waals surface area contributed by atoms with Gasteiger partial charge in [-0.1, -0.05) is 79.2 Å². The predicted molar refractivity (Wildman–Crippen MR) is 144 cm³/mol. The van der Waals surface area contributed by atoms with Gasteiger partial charge in [-0.2, -0.15) is 0 Å². The Morgan fingerprint density at radius 1 is 0.892 bits per heavy atom. The van der Waals surface area contributed by atoms with Gasteiger partial charge >= 0.3 is 0 Å². The fourth-order valence-electron chi connectivity index (χ4n) is 7.20. The Bertz CT molecular complexity index is 1280. The van der Waals surface area contributed by atoms with Gasteiger partial charge in [-0.05, 0) is 66.2 Å². The van der Waals surface area contributed by atoms with Gasteiger partial charge in [-0.15, -0.1) is 0 Å². The van der Waals surface area contributed by atoms with Crippen LogP contribution in [0.4, 0.5) is 0 Å². The summed E-state index contributed by atoms with van der Waals surface area (Å²) in [5, 5.41) is 12.0. The normalized spacial score (nSPS) is 32.4. The summed E-state index contributed by atoms with van der Waals surface area (Å²) in [5.41, 5.74) is 3.10. The molecule has 1 saturated heterocycles. The van der Waals surface area contributed by atoms with Crippen molar-refractivity contribution in [1.29, 1.82) is 0 Å². The largest absolute Gasteiger partial charge is 0.497 e. The lowest BCUT2D eigenvalue weighted by molar-refractivity contribution is -0.330. The first kappa shape index (κ1) is 24.1. The smallest absolute Gasteiger partial charge is 0.169 e. The van der Waals surface area contributed by atoms with Crippen molar-refractivity contribution in [2.24, 2.45) is 11.3 Å². The molecule has 37 heavy (non-hydrogen) atoms. The van der Waals surface area contributed by atoms with Crippen LogP contribution >= 0.6 is 0 Å². The van der Waals surface area contributed by atoms with E-state index in [1.807, 2.05) is 78.9 Å². The molecule has 2 aliphatic carbocycles. The minimum atomic E-state index is -1.26. The van der Waals surface area contributed by atoms with Crippen LogP contribution in [0.3, 0.4) is 0 Å². The standard InChI is InChI=1S/C33H34O4/c1-36-27-17-15-24(16-18-27)29-28-14-8-9-20-33(28,35)37-31(25-12-6-3-7-13-25)32(29)21-19-26(30(32)34)22-23-10-4-2-5-11-23/h2-7,10-13,15-18,22,28-29,31,35H,8-9,14,19-21H2,1H3/b26-22+/t28-,29+,31+,32+,33-/m0/s1. The Balaban J connectivity index is 1.55. The molecular weight excluding hydrogens is 460 g/mol. The summed E-state index contributed by atoms with van der Waals surface area (Å²) in [7, 11) is 1.66. The summed E-state index contributed by atoms with van der Waals surface area (Å²) in [6, 6.07) is 28.2. The second kappa shape index (κ2) is 9.59. The van der Waals surface area contributed by atoms with Crippen LogP contribution < -0.4 is 4.74 Å². The zero-order chi connectivity index (χ0) is 25.5. The molecule has 6 rings (SSSR count). The van der Waals surface area contributed by atoms with Crippen molar-refractivity contribution < 1.29 is 19.4 Å². The Kier molecular flexibility index (Phi) is 6.26. The van der Waals surface area contributed by atoms with Crippen LogP contribution in [0.1, 0.15) is 67.2 Å². The van der Waals surface area contributed by atoms with Crippen molar-refractivity contribution in [1.82, 2.24) is 0 Å². The minimum Gasteiger partial charge on any atom is -0.497 e. The van der Waals surface area contributed by atoms with E-state index in [1.54, 1.807) is 7.11 Å². The Hall–Kier alpha value is -3.21. The Labute approximate surface area is 218 Å². The highest BCUT2D eigenvalue weighted by atomic mass is 16.6. The highest BCUT2D eigenvalue weighted by Gasteiger charge is 2.66. The molecule has 1 aliphatic heterocycles. The van der Waals surface area contributed by atoms with Gasteiger partial charge < -0.3 is 14.6 Å². The summed E-state index contributed by atoms with van der Waals surface area (Å²) < 4.78 is 12.2. The summed E-state index contributed by atoms with van der Waals surface area (Å²) >= 11 is 0. The highest BCUT2D eigenvalue weighted by Crippen LogP contribution is 2.67. The Morgan fingerprint density at radius 3 is 2.30 bits per heavy atom. The number of hydrogen-bond donors (Lipinski definition) is 1. The second-order valence-electron chi connectivity index (χ2n) is 10.8. The fraction of sp³-hybridized carbons (Fsp3) is 0.364. The molecule has 0 radical (unpaired) electrons. The molecule has 4 heteroatoms. The maximum absolute atomic E-state index is 14.7. The number of hydrogen-bond acceptors (Lipinski definition) is 4.